The summed E-state index contributed by atoms with van der Waals surface area (Å²) in [4.78, 5) is 28.4. The van der Waals surface area contributed by atoms with E-state index < -0.39 is 0 Å². The average Bonchev–Trinajstić information content (AvgIpc) is 3.20. The molecule has 1 aromatic carbocycles. The molecule has 4 rings (SSSR count). The second-order valence-electron chi connectivity index (χ2n) is 6.17. The molecule has 2 aromatic heterocycles. The minimum Gasteiger partial charge on any atom is -0.484 e. The predicted molar refractivity (Wildman–Crippen MR) is 95.2 cm³/mol. The Morgan fingerprint density at radius 1 is 1.00 bits per heavy atom. The second-order valence-corrected chi connectivity index (χ2v) is 6.17. The van der Waals surface area contributed by atoms with Gasteiger partial charge in [0.25, 0.3) is 11.8 Å². The van der Waals surface area contributed by atoms with Gasteiger partial charge in [0.05, 0.1) is 0 Å². The highest BCUT2D eigenvalue weighted by Crippen LogP contribution is 2.12. The number of amides is 2. The molecule has 3 aromatic rings. The molecule has 138 valence electrons. The Labute approximate surface area is 155 Å². The number of benzene rings is 1. The zero-order valence-electron chi connectivity index (χ0n) is 14.6. The maximum atomic E-state index is 12.7. The maximum absolute atomic E-state index is 12.7. The summed E-state index contributed by atoms with van der Waals surface area (Å²) in [5, 5.41) is 11.2. The van der Waals surface area contributed by atoms with E-state index in [1.54, 1.807) is 28.1 Å². The van der Waals surface area contributed by atoms with Gasteiger partial charge in [0.1, 0.15) is 5.75 Å². The molecule has 0 aliphatic carbocycles. The van der Waals surface area contributed by atoms with Crippen LogP contribution in [0.5, 0.6) is 5.75 Å². The number of pyridine rings is 1. The van der Waals surface area contributed by atoms with Gasteiger partial charge in [-0.1, -0.05) is 18.2 Å². The van der Waals surface area contributed by atoms with Gasteiger partial charge in [-0.15, -0.1) is 5.10 Å². The molecule has 0 saturated carbocycles. The highest BCUT2D eigenvalue weighted by molar-refractivity contribution is 5.95. The molecule has 0 radical (unpaired) electrons. The van der Waals surface area contributed by atoms with Crippen LogP contribution in [0.3, 0.4) is 0 Å². The first-order valence-electron chi connectivity index (χ1n) is 8.63. The average molecular weight is 366 g/mol. The molecule has 1 aliphatic heterocycles. The fraction of sp³-hybridized carbons (Fsp3) is 0.278. The number of carbonyl (C=O) groups excluding carboxylic acids is 2. The Morgan fingerprint density at radius 3 is 2.52 bits per heavy atom. The molecule has 2 amide bonds. The minimum absolute atomic E-state index is 0.00545. The van der Waals surface area contributed by atoms with Gasteiger partial charge in [-0.3, -0.25) is 9.59 Å². The van der Waals surface area contributed by atoms with Crippen LogP contribution in [0, 0.1) is 0 Å². The third kappa shape index (κ3) is 3.71. The number of piperazine rings is 1. The number of rotatable bonds is 4. The van der Waals surface area contributed by atoms with Crippen molar-refractivity contribution in [2.24, 2.45) is 0 Å². The lowest BCUT2D eigenvalue weighted by Gasteiger charge is -2.34. The van der Waals surface area contributed by atoms with Gasteiger partial charge in [0.15, 0.2) is 12.3 Å². The van der Waals surface area contributed by atoms with Crippen LogP contribution in [0.1, 0.15) is 10.4 Å². The van der Waals surface area contributed by atoms with Crippen molar-refractivity contribution >= 4 is 17.5 Å². The fourth-order valence-electron chi connectivity index (χ4n) is 2.97. The van der Waals surface area contributed by atoms with Crippen molar-refractivity contribution in [2.45, 2.75) is 0 Å². The van der Waals surface area contributed by atoms with Crippen LogP contribution in [0.25, 0.3) is 5.65 Å². The number of nitrogens with zero attached hydrogens (tertiary/aromatic N) is 6. The van der Waals surface area contributed by atoms with Crippen molar-refractivity contribution in [2.75, 3.05) is 32.8 Å². The lowest BCUT2D eigenvalue weighted by atomic mass is 10.2. The SMILES string of the molecule is O=C(COc1ccccc1)N1CCN(C(=O)c2ccn3nnnc3c2)CC1. The second kappa shape index (κ2) is 7.40. The molecule has 1 fully saturated rings. The van der Waals surface area contributed by atoms with Crippen LogP contribution < -0.4 is 4.74 Å². The molecule has 0 atom stereocenters. The monoisotopic (exact) mass is 366 g/mol. The van der Waals surface area contributed by atoms with Gasteiger partial charge in [-0.05, 0) is 34.7 Å². The molecule has 0 N–H and O–H groups in total. The number of hydrogen-bond donors (Lipinski definition) is 0. The van der Waals surface area contributed by atoms with Crippen molar-refractivity contribution in [3.8, 4) is 5.75 Å². The first kappa shape index (κ1) is 17.0. The van der Waals surface area contributed by atoms with Crippen molar-refractivity contribution < 1.29 is 14.3 Å². The smallest absolute Gasteiger partial charge is 0.260 e. The molecule has 3 heterocycles. The van der Waals surface area contributed by atoms with E-state index in [1.807, 2.05) is 30.3 Å². The summed E-state index contributed by atoms with van der Waals surface area (Å²) in [7, 11) is 0. The van der Waals surface area contributed by atoms with Gasteiger partial charge >= 0.3 is 0 Å². The van der Waals surface area contributed by atoms with E-state index in [9.17, 15) is 9.59 Å². The molecule has 1 saturated heterocycles. The standard InChI is InChI=1S/C18H18N6O3/c25-17(13-27-15-4-2-1-3-5-15)22-8-10-23(11-9-22)18(26)14-6-7-24-16(12-14)19-20-21-24/h1-7,12H,8-11,13H2. The van der Waals surface area contributed by atoms with E-state index in [1.165, 1.54) is 4.52 Å². The van der Waals surface area contributed by atoms with Crippen LogP contribution in [0.15, 0.2) is 48.7 Å². The van der Waals surface area contributed by atoms with E-state index in [4.69, 9.17) is 4.74 Å². The van der Waals surface area contributed by atoms with Gasteiger partial charge in [-0.2, -0.15) is 0 Å². The molecule has 27 heavy (non-hydrogen) atoms. The zero-order chi connectivity index (χ0) is 18.6. The molecule has 1 aliphatic rings. The number of aromatic nitrogens is 4. The summed E-state index contributed by atoms with van der Waals surface area (Å²) in [6.45, 7) is 1.92. The van der Waals surface area contributed by atoms with Crippen molar-refractivity contribution in [1.82, 2.24) is 29.8 Å². The fourth-order valence-corrected chi connectivity index (χ4v) is 2.97. The molecule has 9 heteroatoms. The van der Waals surface area contributed by atoms with E-state index >= 15 is 0 Å². The molecule has 0 unspecified atom stereocenters. The topological polar surface area (TPSA) is 92.9 Å². The maximum Gasteiger partial charge on any atom is 0.260 e. The highest BCUT2D eigenvalue weighted by Gasteiger charge is 2.25. The number of fused-ring (bicyclic) bond motifs is 1. The number of tetrazole rings is 1. The summed E-state index contributed by atoms with van der Waals surface area (Å²) in [5.41, 5.74) is 1.05. The first-order valence-corrected chi connectivity index (χ1v) is 8.63. The molecular weight excluding hydrogens is 348 g/mol. The minimum atomic E-state index is -0.0897. The third-order valence-electron chi connectivity index (χ3n) is 4.47. The lowest BCUT2D eigenvalue weighted by Crippen LogP contribution is -2.51. The Hall–Kier alpha value is -3.49. The summed E-state index contributed by atoms with van der Waals surface area (Å²) < 4.78 is 7.01. The molecular formula is C18H18N6O3. The van der Waals surface area contributed by atoms with Crippen molar-refractivity contribution in [3.63, 3.8) is 0 Å². The Bertz CT molecular complexity index is 950. The molecule has 9 nitrogen and oxygen atoms in total. The summed E-state index contributed by atoms with van der Waals surface area (Å²) in [5.74, 6) is 0.494. The quantitative estimate of drug-likeness (QED) is 0.667. The first-order chi connectivity index (χ1) is 13.2. The van der Waals surface area contributed by atoms with E-state index in [0.717, 1.165) is 0 Å². The molecule has 0 bridgehead atoms. The van der Waals surface area contributed by atoms with Crippen LogP contribution in [-0.4, -0.2) is 74.4 Å². The van der Waals surface area contributed by atoms with Gasteiger partial charge in [0.2, 0.25) is 0 Å². The van der Waals surface area contributed by atoms with Crippen LogP contribution >= 0.6 is 0 Å². The summed E-state index contributed by atoms with van der Waals surface area (Å²) >= 11 is 0. The zero-order valence-corrected chi connectivity index (χ0v) is 14.6. The van der Waals surface area contributed by atoms with E-state index in [-0.39, 0.29) is 18.4 Å². The van der Waals surface area contributed by atoms with Crippen LogP contribution in [0.4, 0.5) is 0 Å². The Morgan fingerprint density at radius 2 is 1.74 bits per heavy atom. The Kier molecular flexibility index (Phi) is 4.65. The third-order valence-corrected chi connectivity index (χ3v) is 4.47. The van der Waals surface area contributed by atoms with Crippen molar-refractivity contribution in [1.29, 1.82) is 0 Å². The van der Waals surface area contributed by atoms with E-state index in [0.29, 0.717) is 43.1 Å². The lowest BCUT2D eigenvalue weighted by molar-refractivity contribution is -0.134. The van der Waals surface area contributed by atoms with Crippen molar-refractivity contribution in [3.05, 3.63) is 54.2 Å². The number of para-hydroxylation sites is 1. The van der Waals surface area contributed by atoms with Crippen LogP contribution in [0.2, 0.25) is 0 Å². The van der Waals surface area contributed by atoms with Gasteiger partial charge in [0, 0.05) is 37.9 Å². The largest absolute Gasteiger partial charge is 0.484 e. The summed E-state index contributed by atoms with van der Waals surface area (Å²) in [6.07, 6.45) is 1.66. The number of hydrogen-bond acceptors (Lipinski definition) is 6. The normalized spacial score (nSPS) is 14.4. The number of ether oxygens (including phenoxy) is 1. The molecule has 0 spiro atoms. The highest BCUT2D eigenvalue weighted by atomic mass is 16.5. The number of carbonyl (C=O) groups is 2. The van der Waals surface area contributed by atoms with E-state index in [2.05, 4.69) is 15.5 Å². The van der Waals surface area contributed by atoms with Crippen LogP contribution in [-0.2, 0) is 4.79 Å². The predicted octanol–water partition coefficient (Wildman–Crippen LogP) is 0.488. The summed E-state index contributed by atoms with van der Waals surface area (Å²) in [6, 6.07) is 12.6. The Balaban J connectivity index is 1.31. The van der Waals surface area contributed by atoms with Gasteiger partial charge in [-0.25, -0.2) is 4.52 Å². The van der Waals surface area contributed by atoms with Gasteiger partial charge < -0.3 is 14.5 Å².